The highest BCUT2D eigenvalue weighted by atomic mass is 16.4. The topological polar surface area (TPSA) is 75.6 Å². The molecule has 3 rings (SSSR count). The van der Waals surface area contributed by atoms with Crippen molar-refractivity contribution in [2.75, 3.05) is 26.2 Å². The Balaban J connectivity index is 1.49. The fourth-order valence-electron chi connectivity index (χ4n) is 3.63. The van der Waals surface area contributed by atoms with Gasteiger partial charge in [0.05, 0.1) is 12.2 Å². The van der Waals surface area contributed by atoms with E-state index in [-0.39, 0.29) is 12.0 Å². The molecule has 1 saturated carbocycles. The fraction of sp³-hybridized carbons (Fsp3) is 0.765. The summed E-state index contributed by atoms with van der Waals surface area (Å²) in [6, 6.07) is 0.204. The van der Waals surface area contributed by atoms with Crippen LogP contribution in [0.3, 0.4) is 0 Å². The van der Waals surface area contributed by atoms with Gasteiger partial charge in [-0.2, -0.15) is 0 Å². The third-order valence-electron chi connectivity index (χ3n) is 5.18. The number of nitrogens with zero attached hydrogens (tertiary/aromatic N) is 3. The molecule has 2 aliphatic rings. The molecular weight excluding hydrogens is 292 g/mol. The van der Waals surface area contributed by atoms with Crippen LogP contribution in [0.5, 0.6) is 0 Å². The van der Waals surface area contributed by atoms with Gasteiger partial charge < -0.3 is 15.1 Å². The molecule has 2 N–H and O–H groups in total. The lowest BCUT2D eigenvalue weighted by atomic mass is 9.85. The molecule has 1 aromatic heterocycles. The van der Waals surface area contributed by atoms with Crippen molar-refractivity contribution in [1.29, 1.82) is 0 Å². The summed E-state index contributed by atoms with van der Waals surface area (Å²) in [5, 5.41) is 0. The zero-order valence-electron chi connectivity index (χ0n) is 14.3. The summed E-state index contributed by atoms with van der Waals surface area (Å²) in [7, 11) is 0. The first-order valence-corrected chi connectivity index (χ1v) is 8.72. The average molecular weight is 320 g/mol. The van der Waals surface area contributed by atoms with Crippen LogP contribution in [0.4, 0.5) is 0 Å². The SMILES string of the molecule is Cc1nc(CN2CCN(C(=O)[C@@H]3CCC[C@@H](N)C3)CC2)oc1C. The summed E-state index contributed by atoms with van der Waals surface area (Å²) < 4.78 is 5.65. The first-order chi connectivity index (χ1) is 11.0. The van der Waals surface area contributed by atoms with Gasteiger partial charge in [-0.05, 0) is 33.1 Å². The van der Waals surface area contributed by atoms with E-state index in [4.69, 9.17) is 10.2 Å². The molecule has 1 aliphatic carbocycles. The van der Waals surface area contributed by atoms with Gasteiger partial charge in [0.1, 0.15) is 5.76 Å². The standard InChI is InChI=1S/C17H28N4O2/c1-12-13(2)23-16(19-12)11-20-6-8-21(9-7-20)17(22)14-4-3-5-15(18)10-14/h14-15H,3-11,18H2,1-2H3/t14-,15-/m1/s1. The van der Waals surface area contributed by atoms with Gasteiger partial charge in [0.15, 0.2) is 0 Å². The van der Waals surface area contributed by atoms with Crippen LogP contribution < -0.4 is 5.73 Å². The molecule has 1 aromatic rings. The number of aromatic nitrogens is 1. The zero-order chi connectivity index (χ0) is 16.4. The van der Waals surface area contributed by atoms with E-state index < -0.39 is 0 Å². The van der Waals surface area contributed by atoms with E-state index in [0.29, 0.717) is 5.91 Å². The summed E-state index contributed by atoms with van der Waals surface area (Å²) in [4.78, 5) is 21.4. The number of hydrogen-bond acceptors (Lipinski definition) is 5. The fourth-order valence-corrected chi connectivity index (χ4v) is 3.63. The van der Waals surface area contributed by atoms with Crippen LogP contribution in [0.2, 0.25) is 0 Å². The number of piperazine rings is 1. The first-order valence-electron chi connectivity index (χ1n) is 8.72. The number of aryl methyl sites for hydroxylation is 2. The minimum Gasteiger partial charge on any atom is -0.444 e. The zero-order valence-corrected chi connectivity index (χ0v) is 14.3. The minimum atomic E-state index is 0.141. The molecule has 2 heterocycles. The first kappa shape index (κ1) is 16.5. The summed E-state index contributed by atoms with van der Waals surface area (Å²) in [6.45, 7) is 7.98. The Morgan fingerprint density at radius 3 is 2.61 bits per heavy atom. The maximum absolute atomic E-state index is 12.6. The molecule has 0 bridgehead atoms. The molecule has 1 amide bonds. The van der Waals surface area contributed by atoms with Crippen molar-refractivity contribution in [3.63, 3.8) is 0 Å². The Kier molecular flexibility index (Phi) is 5.02. The summed E-state index contributed by atoms with van der Waals surface area (Å²) in [6.07, 6.45) is 4.00. The van der Waals surface area contributed by atoms with Crippen molar-refractivity contribution in [2.24, 2.45) is 11.7 Å². The molecule has 23 heavy (non-hydrogen) atoms. The maximum atomic E-state index is 12.6. The van der Waals surface area contributed by atoms with Crippen molar-refractivity contribution in [3.8, 4) is 0 Å². The largest absolute Gasteiger partial charge is 0.444 e. The number of nitrogens with two attached hydrogens (primary N) is 1. The molecule has 1 saturated heterocycles. The molecule has 0 unspecified atom stereocenters. The summed E-state index contributed by atoms with van der Waals surface area (Å²) in [5.74, 6) is 2.12. The second-order valence-corrected chi connectivity index (χ2v) is 6.97. The Morgan fingerprint density at radius 1 is 1.26 bits per heavy atom. The molecule has 2 fully saturated rings. The monoisotopic (exact) mass is 320 g/mol. The van der Waals surface area contributed by atoms with Crippen molar-refractivity contribution in [1.82, 2.24) is 14.8 Å². The van der Waals surface area contributed by atoms with Gasteiger partial charge in [-0.15, -0.1) is 0 Å². The number of carbonyl (C=O) groups is 1. The van der Waals surface area contributed by atoms with Gasteiger partial charge in [-0.25, -0.2) is 4.98 Å². The van der Waals surface area contributed by atoms with Crippen LogP contribution in [-0.2, 0) is 11.3 Å². The van der Waals surface area contributed by atoms with E-state index in [1.54, 1.807) is 0 Å². The number of hydrogen-bond donors (Lipinski definition) is 1. The molecule has 6 heteroatoms. The molecule has 128 valence electrons. The second kappa shape index (κ2) is 7.01. The molecule has 0 radical (unpaired) electrons. The Bertz CT molecular complexity index is 529. The highest BCUT2D eigenvalue weighted by molar-refractivity contribution is 5.79. The van der Waals surface area contributed by atoms with Crippen LogP contribution >= 0.6 is 0 Å². The number of rotatable bonds is 3. The number of carbonyl (C=O) groups excluding carboxylic acids is 1. The van der Waals surface area contributed by atoms with Gasteiger partial charge in [0.25, 0.3) is 0 Å². The van der Waals surface area contributed by atoms with Crippen molar-refractivity contribution < 1.29 is 9.21 Å². The normalized spacial score (nSPS) is 26.5. The lowest BCUT2D eigenvalue weighted by Crippen LogP contribution is -2.51. The van der Waals surface area contributed by atoms with Crippen LogP contribution in [-0.4, -0.2) is 52.9 Å². The third kappa shape index (κ3) is 3.93. The predicted molar refractivity (Wildman–Crippen MR) is 87.8 cm³/mol. The van der Waals surface area contributed by atoms with E-state index >= 15 is 0 Å². The van der Waals surface area contributed by atoms with Gasteiger partial charge in [-0.3, -0.25) is 9.69 Å². The van der Waals surface area contributed by atoms with Crippen LogP contribution in [0.1, 0.15) is 43.0 Å². The van der Waals surface area contributed by atoms with Gasteiger partial charge in [0.2, 0.25) is 11.8 Å². The van der Waals surface area contributed by atoms with Crippen molar-refractivity contribution in [2.45, 2.75) is 52.1 Å². The molecule has 1 aliphatic heterocycles. The Labute approximate surface area is 138 Å². The van der Waals surface area contributed by atoms with Crippen LogP contribution in [0, 0.1) is 19.8 Å². The van der Waals surface area contributed by atoms with Gasteiger partial charge in [0, 0.05) is 38.1 Å². The van der Waals surface area contributed by atoms with E-state index in [2.05, 4.69) is 9.88 Å². The number of oxazole rings is 1. The molecular formula is C17H28N4O2. The average Bonchev–Trinajstić information content (AvgIpc) is 2.85. The van der Waals surface area contributed by atoms with Crippen LogP contribution in [0.25, 0.3) is 0 Å². The van der Waals surface area contributed by atoms with E-state index in [1.165, 1.54) is 0 Å². The maximum Gasteiger partial charge on any atom is 0.225 e. The summed E-state index contributed by atoms with van der Waals surface area (Å²) in [5.41, 5.74) is 6.98. The van der Waals surface area contributed by atoms with E-state index in [0.717, 1.165) is 75.8 Å². The lowest BCUT2D eigenvalue weighted by molar-refractivity contribution is -0.138. The number of amides is 1. The Hall–Kier alpha value is -1.40. The second-order valence-electron chi connectivity index (χ2n) is 6.97. The minimum absolute atomic E-state index is 0.141. The lowest BCUT2D eigenvalue weighted by Gasteiger charge is -2.37. The third-order valence-corrected chi connectivity index (χ3v) is 5.18. The highest BCUT2D eigenvalue weighted by Crippen LogP contribution is 2.25. The molecule has 2 atom stereocenters. The van der Waals surface area contributed by atoms with Gasteiger partial charge >= 0.3 is 0 Å². The summed E-state index contributed by atoms with van der Waals surface area (Å²) >= 11 is 0. The molecule has 0 aromatic carbocycles. The van der Waals surface area contributed by atoms with Crippen molar-refractivity contribution in [3.05, 3.63) is 17.3 Å². The smallest absolute Gasteiger partial charge is 0.225 e. The van der Waals surface area contributed by atoms with Crippen molar-refractivity contribution >= 4 is 5.91 Å². The quantitative estimate of drug-likeness (QED) is 0.912. The Morgan fingerprint density at radius 2 is 2.00 bits per heavy atom. The molecule has 6 nitrogen and oxygen atoms in total. The van der Waals surface area contributed by atoms with Crippen LogP contribution in [0.15, 0.2) is 4.42 Å². The highest BCUT2D eigenvalue weighted by Gasteiger charge is 2.30. The van der Waals surface area contributed by atoms with E-state index in [1.807, 2.05) is 18.7 Å². The molecule has 0 spiro atoms. The predicted octanol–water partition coefficient (Wildman–Crippen LogP) is 1.45. The van der Waals surface area contributed by atoms with Gasteiger partial charge in [-0.1, -0.05) is 6.42 Å². The van der Waals surface area contributed by atoms with E-state index in [9.17, 15) is 4.79 Å².